The Morgan fingerprint density at radius 3 is 2.21 bits per heavy atom. The Morgan fingerprint density at radius 2 is 1.66 bits per heavy atom. The number of aliphatic hydroxyl groups is 1. The molecule has 0 aliphatic carbocycles. The van der Waals surface area contributed by atoms with E-state index in [0.29, 0.717) is 17.7 Å². The molecule has 2 aromatic rings. The minimum absolute atomic E-state index is 0.0967. The van der Waals surface area contributed by atoms with E-state index in [1.807, 2.05) is 71.0 Å². The van der Waals surface area contributed by atoms with Crippen LogP contribution in [0.15, 0.2) is 42.5 Å². The Balaban J connectivity index is 2.56. The Hall–Kier alpha value is -3.39. The second-order valence-corrected chi connectivity index (χ2v) is 10.8. The van der Waals surface area contributed by atoms with E-state index >= 15 is 0 Å². The molecule has 2 aromatic carbocycles. The Labute approximate surface area is 226 Å². The maximum atomic E-state index is 14.1. The fourth-order valence-electron chi connectivity index (χ4n) is 4.09. The molecule has 2 rings (SSSR count). The van der Waals surface area contributed by atoms with Crippen LogP contribution in [0.1, 0.15) is 69.3 Å². The van der Waals surface area contributed by atoms with Gasteiger partial charge in [-0.1, -0.05) is 56.7 Å². The van der Waals surface area contributed by atoms with Crippen LogP contribution >= 0.6 is 0 Å². The van der Waals surface area contributed by atoms with Gasteiger partial charge in [0.15, 0.2) is 0 Å². The average Bonchev–Trinajstić information content (AvgIpc) is 2.83. The lowest BCUT2D eigenvalue weighted by atomic mass is 9.94. The zero-order valence-corrected chi connectivity index (χ0v) is 23.9. The molecule has 0 bridgehead atoms. The molecule has 0 radical (unpaired) electrons. The van der Waals surface area contributed by atoms with Crippen LogP contribution in [0.5, 0.6) is 0 Å². The molecular weight excluding hydrogens is 482 g/mol. The number of carbonyl (C=O) groups excluding carboxylic acids is 3. The predicted molar refractivity (Wildman–Crippen MR) is 150 cm³/mol. The quantitative estimate of drug-likeness (QED) is 0.402. The number of benzene rings is 2. The van der Waals surface area contributed by atoms with Crippen molar-refractivity contribution in [1.82, 2.24) is 10.2 Å². The molecule has 0 aromatic heterocycles. The van der Waals surface area contributed by atoms with Crippen molar-refractivity contribution in [3.05, 3.63) is 64.7 Å². The van der Waals surface area contributed by atoms with Gasteiger partial charge in [-0.15, -0.1) is 0 Å². The molecule has 3 unspecified atom stereocenters. The standard InChI is InChI=1S/C30H43N3O5/c1-9-19(2)25(32-29(37)38-30(6,7)8)28(36)33(16-17-34)26(23-15-14-20(3)22(5)18-23)27(35)31-24-13-11-10-12-21(24)4/h10-15,18-19,25-26,34H,9,16-17H2,1-8H3,(H,31,35)(H,32,37). The van der Waals surface area contributed by atoms with E-state index in [1.165, 1.54) is 4.90 Å². The maximum absolute atomic E-state index is 14.1. The Kier molecular flexibility index (Phi) is 10.9. The summed E-state index contributed by atoms with van der Waals surface area (Å²) in [4.78, 5) is 42.0. The van der Waals surface area contributed by atoms with Crippen molar-refractivity contribution in [2.75, 3.05) is 18.5 Å². The van der Waals surface area contributed by atoms with Gasteiger partial charge < -0.3 is 25.4 Å². The van der Waals surface area contributed by atoms with Crippen molar-refractivity contribution in [3.63, 3.8) is 0 Å². The molecule has 3 amide bonds. The third-order valence-corrected chi connectivity index (χ3v) is 6.58. The predicted octanol–water partition coefficient (Wildman–Crippen LogP) is 5.05. The summed E-state index contributed by atoms with van der Waals surface area (Å²) in [5.41, 5.74) is 3.40. The second kappa shape index (κ2) is 13.4. The largest absolute Gasteiger partial charge is 0.444 e. The zero-order valence-electron chi connectivity index (χ0n) is 23.9. The van der Waals surface area contributed by atoms with Crippen LogP contribution in [0.3, 0.4) is 0 Å². The summed E-state index contributed by atoms with van der Waals surface area (Å²) < 4.78 is 5.42. The van der Waals surface area contributed by atoms with Crippen LogP contribution in [0, 0.1) is 26.7 Å². The highest BCUT2D eigenvalue weighted by atomic mass is 16.6. The third kappa shape index (κ3) is 8.31. The number of nitrogens with one attached hydrogen (secondary N) is 2. The van der Waals surface area contributed by atoms with Gasteiger partial charge in [-0.2, -0.15) is 0 Å². The number of anilines is 1. The number of aliphatic hydroxyl groups excluding tert-OH is 1. The van der Waals surface area contributed by atoms with Gasteiger partial charge in [-0.3, -0.25) is 9.59 Å². The van der Waals surface area contributed by atoms with E-state index < -0.39 is 35.6 Å². The lowest BCUT2D eigenvalue weighted by molar-refractivity contribution is -0.142. The number of ether oxygens (including phenoxy) is 1. The lowest BCUT2D eigenvalue weighted by Crippen LogP contribution is -2.55. The van der Waals surface area contributed by atoms with E-state index in [4.69, 9.17) is 4.74 Å². The average molecular weight is 526 g/mol. The van der Waals surface area contributed by atoms with E-state index in [1.54, 1.807) is 26.8 Å². The van der Waals surface area contributed by atoms with E-state index in [-0.39, 0.29) is 19.1 Å². The number of nitrogens with zero attached hydrogens (tertiary/aromatic N) is 1. The Morgan fingerprint density at radius 1 is 1.00 bits per heavy atom. The first-order valence-corrected chi connectivity index (χ1v) is 13.1. The fraction of sp³-hybridized carbons (Fsp3) is 0.500. The first-order chi connectivity index (χ1) is 17.8. The van der Waals surface area contributed by atoms with Crippen molar-refractivity contribution >= 4 is 23.6 Å². The second-order valence-electron chi connectivity index (χ2n) is 10.8. The van der Waals surface area contributed by atoms with Crippen LogP contribution in [0.2, 0.25) is 0 Å². The molecule has 0 aliphatic heterocycles. The fourth-order valence-corrected chi connectivity index (χ4v) is 4.09. The summed E-state index contributed by atoms with van der Waals surface area (Å²) in [6.45, 7) is 14.4. The zero-order chi connectivity index (χ0) is 28.6. The summed E-state index contributed by atoms with van der Waals surface area (Å²) in [6, 6.07) is 11.0. The molecule has 0 saturated heterocycles. The number of alkyl carbamates (subject to hydrolysis) is 1. The summed E-state index contributed by atoms with van der Waals surface area (Å²) in [5.74, 6) is -1.14. The normalized spacial score (nSPS) is 13.7. The van der Waals surface area contributed by atoms with Crippen LogP contribution in [-0.4, -0.2) is 52.7 Å². The lowest BCUT2D eigenvalue weighted by Gasteiger charge is -2.36. The Bertz CT molecular complexity index is 1130. The maximum Gasteiger partial charge on any atom is 0.408 e. The molecule has 3 N–H and O–H groups in total. The topological polar surface area (TPSA) is 108 Å². The van der Waals surface area contributed by atoms with Gasteiger partial charge in [-0.05, 0) is 75.8 Å². The SMILES string of the molecule is CCC(C)C(NC(=O)OC(C)(C)C)C(=O)N(CCO)C(C(=O)Nc1ccccc1C)c1ccc(C)c(C)c1. The van der Waals surface area contributed by atoms with Gasteiger partial charge in [0.25, 0.3) is 5.91 Å². The third-order valence-electron chi connectivity index (χ3n) is 6.58. The van der Waals surface area contributed by atoms with Crippen molar-refractivity contribution in [1.29, 1.82) is 0 Å². The number of para-hydroxylation sites is 1. The summed E-state index contributed by atoms with van der Waals surface area (Å²) in [7, 11) is 0. The van der Waals surface area contributed by atoms with Gasteiger partial charge in [0.2, 0.25) is 5.91 Å². The van der Waals surface area contributed by atoms with Crippen molar-refractivity contribution in [2.45, 2.75) is 79.5 Å². The van der Waals surface area contributed by atoms with E-state index in [9.17, 15) is 19.5 Å². The number of carbonyl (C=O) groups is 3. The minimum atomic E-state index is -1.04. The van der Waals surface area contributed by atoms with Crippen LogP contribution in [0.25, 0.3) is 0 Å². The number of aryl methyl sites for hydroxylation is 3. The molecule has 0 heterocycles. The molecule has 8 heteroatoms. The minimum Gasteiger partial charge on any atom is -0.444 e. The highest BCUT2D eigenvalue weighted by molar-refractivity contribution is 5.99. The van der Waals surface area contributed by atoms with Crippen molar-refractivity contribution in [2.24, 2.45) is 5.92 Å². The molecule has 38 heavy (non-hydrogen) atoms. The van der Waals surface area contributed by atoms with E-state index in [0.717, 1.165) is 16.7 Å². The molecule has 0 fully saturated rings. The van der Waals surface area contributed by atoms with Gasteiger partial charge in [0.05, 0.1) is 6.61 Å². The highest BCUT2D eigenvalue weighted by Gasteiger charge is 2.38. The van der Waals surface area contributed by atoms with Gasteiger partial charge in [0.1, 0.15) is 17.7 Å². The number of hydrogen-bond donors (Lipinski definition) is 3. The van der Waals surface area contributed by atoms with E-state index in [2.05, 4.69) is 10.6 Å². The molecule has 0 aliphatic rings. The molecule has 8 nitrogen and oxygen atoms in total. The molecular formula is C30H43N3O5. The summed E-state index contributed by atoms with van der Waals surface area (Å²) in [5, 5.41) is 15.7. The van der Waals surface area contributed by atoms with Gasteiger partial charge >= 0.3 is 6.09 Å². The van der Waals surface area contributed by atoms with Crippen LogP contribution in [0.4, 0.5) is 10.5 Å². The monoisotopic (exact) mass is 525 g/mol. The summed E-state index contributed by atoms with van der Waals surface area (Å²) in [6.07, 6.45) is -0.115. The molecule has 208 valence electrons. The number of amides is 3. The number of hydrogen-bond acceptors (Lipinski definition) is 5. The molecule has 3 atom stereocenters. The summed E-state index contributed by atoms with van der Waals surface area (Å²) >= 11 is 0. The first-order valence-electron chi connectivity index (χ1n) is 13.1. The van der Waals surface area contributed by atoms with Crippen molar-refractivity contribution < 1.29 is 24.2 Å². The van der Waals surface area contributed by atoms with Gasteiger partial charge in [-0.25, -0.2) is 4.79 Å². The molecule has 0 saturated carbocycles. The first kappa shape index (κ1) is 30.8. The smallest absolute Gasteiger partial charge is 0.408 e. The van der Waals surface area contributed by atoms with Crippen LogP contribution in [-0.2, 0) is 14.3 Å². The van der Waals surface area contributed by atoms with Crippen LogP contribution < -0.4 is 10.6 Å². The van der Waals surface area contributed by atoms with Gasteiger partial charge in [0, 0.05) is 12.2 Å². The number of rotatable bonds is 10. The van der Waals surface area contributed by atoms with Crippen molar-refractivity contribution in [3.8, 4) is 0 Å². The highest BCUT2D eigenvalue weighted by Crippen LogP contribution is 2.28. The molecule has 0 spiro atoms.